The van der Waals surface area contributed by atoms with E-state index in [0.717, 1.165) is 0 Å². The molecule has 0 saturated carbocycles. The van der Waals surface area contributed by atoms with Crippen molar-refractivity contribution >= 4 is 53.4 Å². The Morgan fingerprint density at radius 1 is 0.750 bits per heavy atom. The molecule has 0 aliphatic carbocycles. The normalized spacial score (nSPS) is 19.9. The number of aliphatic carboxylic acids is 3. The minimum atomic E-state index is -1.71. The lowest BCUT2D eigenvalue weighted by Gasteiger charge is -2.34. The van der Waals surface area contributed by atoms with Crippen molar-refractivity contribution in [2.24, 2.45) is 17.4 Å². The summed E-state index contributed by atoms with van der Waals surface area (Å²) in [4.78, 5) is 114. The first-order chi connectivity index (χ1) is 22.4. The largest absolute Gasteiger partial charge is 0.481 e. The van der Waals surface area contributed by atoms with Gasteiger partial charge in [0.1, 0.15) is 30.2 Å². The number of nitrogens with two attached hydrogens (primary N) is 2. The predicted octanol–water partition coefficient (Wildman–Crippen LogP) is -2.90. The summed E-state index contributed by atoms with van der Waals surface area (Å²) in [5, 5.41) is 34.6. The van der Waals surface area contributed by atoms with Gasteiger partial charge in [0, 0.05) is 25.9 Å². The van der Waals surface area contributed by atoms with Gasteiger partial charge in [0.25, 0.3) is 0 Å². The molecule has 2 aliphatic heterocycles. The SMILES string of the molecule is CC(C)[C@H](NC(=O)[C@H](CCC(=O)O)NC(=O)[C@@H](N)CCC(N)=O)C(=O)N1CCC[C@H]1C(=O)N1CCC[C@H]1C(=O)N[C@@H](CC(=O)O)C(=O)O. The Labute approximate surface area is 276 Å². The van der Waals surface area contributed by atoms with Crippen LogP contribution in [0.25, 0.3) is 0 Å². The highest BCUT2D eigenvalue weighted by atomic mass is 16.4. The van der Waals surface area contributed by atoms with Crippen LogP contribution in [0.4, 0.5) is 0 Å². The van der Waals surface area contributed by atoms with Crippen LogP contribution < -0.4 is 27.4 Å². The van der Waals surface area contributed by atoms with Gasteiger partial charge in [-0.05, 0) is 44.4 Å². The molecule has 0 spiro atoms. The summed E-state index contributed by atoms with van der Waals surface area (Å²) >= 11 is 0. The minimum Gasteiger partial charge on any atom is -0.481 e. The smallest absolute Gasteiger partial charge is 0.326 e. The lowest BCUT2D eigenvalue weighted by Crippen LogP contribution is -2.60. The summed E-state index contributed by atoms with van der Waals surface area (Å²) < 4.78 is 0. The number of likely N-dealkylation sites (tertiary alicyclic amines) is 2. The van der Waals surface area contributed by atoms with Crippen LogP contribution in [-0.4, -0.2) is 128 Å². The molecule has 0 aromatic rings. The predicted molar refractivity (Wildman–Crippen MR) is 163 cm³/mol. The van der Waals surface area contributed by atoms with Gasteiger partial charge < -0.3 is 52.5 Å². The third-order valence-electron chi connectivity index (χ3n) is 8.20. The first kappa shape index (κ1) is 39.4. The Morgan fingerprint density at radius 3 is 1.90 bits per heavy atom. The zero-order chi connectivity index (χ0) is 36.3. The Bertz CT molecular complexity index is 1270. The number of carboxylic acid groups (broad SMARTS) is 3. The van der Waals surface area contributed by atoms with Gasteiger partial charge in [0.15, 0.2) is 0 Å². The Hall–Kier alpha value is -4.81. The molecule has 48 heavy (non-hydrogen) atoms. The summed E-state index contributed by atoms with van der Waals surface area (Å²) in [6.07, 6.45) is -0.766. The average molecular weight is 684 g/mol. The fraction of sp³-hybridized carbons (Fsp3) is 0.690. The summed E-state index contributed by atoms with van der Waals surface area (Å²) in [7, 11) is 0. The van der Waals surface area contributed by atoms with Crippen LogP contribution in [0.5, 0.6) is 0 Å². The Balaban J connectivity index is 2.20. The summed E-state index contributed by atoms with van der Waals surface area (Å²) in [6.45, 7) is 3.56. The number of nitrogens with one attached hydrogen (secondary N) is 3. The van der Waals surface area contributed by atoms with Gasteiger partial charge in [-0.15, -0.1) is 0 Å². The van der Waals surface area contributed by atoms with Crippen LogP contribution in [-0.2, 0) is 43.2 Å². The van der Waals surface area contributed by atoms with Crippen molar-refractivity contribution in [3.8, 4) is 0 Å². The monoisotopic (exact) mass is 683 g/mol. The van der Waals surface area contributed by atoms with Crippen molar-refractivity contribution in [3.05, 3.63) is 0 Å². The summed E-state index contributed by atoms with van der Waals surface area (Å²) in [6, 6.07) is -7.63. The lowest BCUT2D eigenvalue weighted by molar-refractivity contribution is -0.150. The molecule has 0 unspecified atom stereocenters. The van der Waals surface area contributed by atoms with E-state index in [0.29, 0.717) is 12.8 Å². The standard InChI is InChI=1S/C29H45N7O12/c1-14(2)23(34-25(43)16(8-10-21(38)39)32-24(42)15(30)7-9-20(31)37)28(46)36-12-4-6-19(36)27(45)35-11-3-5-18(35)26(44)33-17(29(47)48)13-22(40)41/h14-19,23H,3-13,30H2,1-2H3,(H2,31,37)(H,32,42)(H,33,44)(H,34,43)(H,38,39)(H,40,41)(H,47,48)/t15-,16-,17-,18-,19-,23-/m0/s1. The molecule has 268 valence electrons. The van der Waals surface area contributed by atoms with E-state index in [1.807, 2.05) is 0 Å². The molecule has 2 fully saturated rings. The zero-order valence-electron chi connectivity index (χ0n) is 26.9. The van der Waals surface area contributed by atoms with E-state index in [4.69, 9.17) is 21.7 Å². The highest BCUT2D eigenvalue weighted by molar-refractivity contribution is 5.97. The van der Waals surface area contributed by atoms with Crippen molar-refractivity contribution in [2.75, 3.05) is 13.1 Å². The van der Waals surface area contributed by atoms with Crippen molar-refractivity contribution < 1.29 is 58.5 Å². The number of amides is 6. The topological polar surface area (TPSA) is 309 Å². The molecule has 0 bridgehead atoms. The van der Waals surface area contributed by atoms with Gasteiger partial charge in [0.05, 0.1) is 12.5 Å². The van der Waals surface area contributed by atoms with E-state index in [2.05, 4.69) is 16.0 Å². The fourth-order valence-electron chi connectivity index (χ4n) is 5.61. The van der Waals surface area contributed by atoms with Crippen molar-refractivity contribution in [1.29, 1.82) is 0 Å². The summed E-state index contributed by atoms with van der Waals surface area (Å²) in [5.74, 6) is -9.17. The van der Waals surface area contributed by atoms with E-state index >= 15 is 0 Å². The third-order valence-corrected chi connectivity index (χ3v) is 8.20. The number of nitrogens with zero attached hydrogens (tertiary/aromatic N) is 2. The molecular formula is C29H45N7O12. The highest BCUT2D eigenvalue weighted by Crippen LogP contribution is 2.26. The van der Waals surface area contributed by atoms with Crippen LogP contribution in [0.2, 0.25) is 0 Å². The quantitative estimate of drug-likeness (QED) is 0.0720. The number of carbonyl (C=O) groups excluding carboxylic acids is 6. The second kappa shape index (κ2) is 17.9. The molecule has 0 radical (unpaired) electrons. The van der Waals surface area contributed by atoms with E-state index < -0.39 is 108 Å². The van der Waals surface area contributed by atoms with Crippen molar-refractivity contribution in [1.82, 2.24) is 25.8 Å². The number of rotatable bonds is 18. The Morgan fingerprint density at radius 2 is 1.35 bits per heavy atom. The maximum absolute atomic E-state index is 13.9. The fourth-order valence-corrected chi connectivity index (χ4v) is 5.61. The number of carbonyl (C=O) groups is 9. The van der Waals surface area contributed by atoms with Gasteiger partial charge in [0.2, 0.25) is 35.4 Å². The van der Waals surface area contributed by atoms with Crippen LogP contribution in [0, 0.1) is 5.92 Å². The van der Waals surface area contributed by atoms with Gasteiger partial charge in [-0.25, -0.2) is 4.79 Å². The first-order valence-electron chi connectivity index (χ1n) is 15.7. The van der Waals surface area contributed by atoms with Crippen LogP contribution in [0.15, 0.2) is 0 Å². The molecule has 2 heterocycles. The molecule has 2 rings (SSSR count). The maximum atomic E-state index is 13.9. The van der Waals surface area contributed by atoms with Gasteiger partial charge in [-0.3, -0.25) is 38.4 Å². The van der Waals surface area contributed by atoms with Gasteiger partial charge in [-0.2, -0.15) is 0 Å². The molecule has 2 aliphatic rings. The maximum Gasteiger partial charge on any atom is 0.326 e. The van der Waals surface area contributed by atoms with Gasteiger partial charge >= 0.3 is 17.9 Å². The van der Waals surface area contributed by atoms with Crippen molar-refractivity contribution in [3.63, 3.8) is 0 Å². The minimum absolute atomic E-state index is 0.117. The molecular weight excluding hydrogens is 638 g/mol. The molecule has 6 amide bonds. The Kier molecular flexibility index (Phi) is 14.7. The van der Waals surface area contributed by atoms with E-state index in [1.54, 1.807) is 13.8 Å². The average Bonchev–Trinajstić information content (AvgIpc) is 3.69. The second-order valence-corrected chi connectivity index (χ2v) is 12.2. The van der Waals surface area contributed by atoms with Crippen LogP contribution in [0.3, 0.4) is 0 Å². The van der Waals surface area contributed by atoms with E-state index in [1.165, 1.54) is 9.80 Å². The number of primary amides is 1. The van der Waals surface area contributed by atoms with E-state index in [-0.39, 0.29) is 45.2 Å². The number of carboxylic acids is 3. The number of hydrogen-bond acceptors (Lipinski definition) is 10. The zero-order valence-corrected chi connectivity index (χ0v) is 26.9. The van der Waals surface area contributed by atoms with Gasteiger partial charge in [-0.1, -0.05) is 13.8 Å². The van der Waals surface area contributed by atoms with E-state index in [9.17, 15) is 48.3 Å². The lowest BCUT2D eigenvalue weighted by atomic mass is 10.0. The molecule has 10 N–H and O–H groups in total. The molecule has 0 aromatic heterocycles. The molecule has 19 heteroatoms. The second-order valence-electron chi connectivity index (χ2n) is 12.2. The number of hydrogen-bond donors (Lipinski definition) is 8. The molecule has 2 saturated heterocycles. The molecule has 6 atom stereocenters. The van der Waals surface area contributed by atoms with Crippen LogP contribution >= 0.6 is 0 Å². The molecule has 0 aromatic carbocycles. The molecule has 19 nitrogen and oxygen atoms in total. The third kappa shape index (κ3) is 11.2. The summed E-state index contributed by atoms with van der Waals surface area (Å²) in [5.41, 5.74) is 10.9. The van der Waals surface area contributed by atoms with Crippen molar-refractivity contribution in [2.45, 2.75) is 108 Å². The highest BCUT2D eigenvalue weighted by Gasteiger charge is 2.44. The van der Waals surface area contributed by atoms with Crippen LogP contribution in [0.1, 0.15) is 71.6 Å². The first-order valence-corrected chi connectivity index (χ1v) is 15.7.